The maximum atomic E-state index is 6.16. The van der Waals surface area contributed by atoms with Crippen molar-refractivity contribution < 1.29 is 4.74 Å². The van der Waals surface area contributed by atoms with Crippen LogP contribution < -0.4 is 10.1 Å². The summed E-state index contributed by atoms with van der Waals surface area (Å²) in [5.41, 5.74) is 2.16. The number of benzene rings is 1. The molecule has 100 valence electrons. The molecule has 0 bridgehead atoms. The zero-order chi connectivity index (χ0) is 13.1. The summed E-state index contributed by atoms with van der Waals surface area (Å²) in [7, 11) is 0. The van der Waals surface area contributed by atoms with Crippen LogP contribution in [-0.2, 0) is 0 Å². The first-order valence-corrected chi connectivity index (χ1v) is 7.14. The van der Waals surface area contributed by atoms with E-state index in [4.69, 9.17) is 16.3 Å². The Morgan fingerprint density at radius 1 is 1.33 bits per heavy atom. The molecule has 2 rings (SSSR count). The fraction of sp³-hybridized carbons (Fsp3) is 0.600. The van der Waals surface area contributed by atoms with E-state index < -0.39 is 0 Å². The summed E-state index contributed by atoms with van der Waals surface area (Å²) < 4.78 is 6.04. The van der Waals surface area contributed by atoms with Crippen LogP contribution >= 0.6 is 11.6 Å². The minimum absolute atomic E-state index is 0.241. The van der Waals surface area contributed by atoms with Crippen molar-refractivity contribution >= 4 is 11.6 Å². The number of aryl methyl sites for hydroxylation is 2. The smallest absolute Gasteiger partial charge is 0.120 e. The van der Waals surface area contributed by atoms with Crippen LogP contribution in [0.15, 0.2) is 12.1 Å². The van der Waals surface area contributed by atoms with Gasteiger partial charge in [0.2, 0.25) is 0 Å². The molecule has 1 aromatic carbocycles. The van der Waals surface area contributed by atoms with Crippen LogP contribution in [0.1, 0.15) is 37.3 Å². The Hall–Kier alpha value is -0.730. The van der Waals surface area contributed by atoms with Crippen LogP contribution in [0.25, 0.3) is 0 Å². The van der Waals surface area contributed by atoms with E-state index in [1.807, 2.05) is 26.0 Å². The predicted octanol–water partition coefficient (Wildman–Crippen LogP) is 3.87. The molecule has 0 aliphatic heterocycles. The Balaban J connectivity index is 1.97. The van der Waals surface area contributed by atoms with Gasteiger partial charge < -0.3 is 10.1 Å². The van der Waals surface area contributed by atoms with Crippen LogP contribution in [0.3, 0.4) is 0 Å². The van der Waals surface area contributed by atoms with Gasteiger partial charge >= 0.3 is 0 Å². The van der Waals surface area contributed by atoms with E-state index in [9.17, 15) is 0 Å². The van der Waals surface area contributed by atoms with Gasteiger partial charge in [-0.15, -0.1) is 0 Å². The van der Waals surface area contributed by atoms with Crippen LogP contribution in [0.2, 0.25) is 5.02 Å². The van der Waals surface area contributed by atoms with E-state index in [0.29, 0.717) is 0 Å². The quantitative estimate of drug-likeness (QED) is 0.845. The highest BCUT2D eigenvalue weighted by atomic mass is 35.5. The monoisotopic (exact) mass is 267 g/mol. The Labute approximate surface area is 115 Å². The number of hydrogen-bond donors (Lipinski definition) is 1. The molecule has 1 aliphatic rings. The molecule has 3 heteroatoms. The van der Waals surface area contributed by atoms with Crippen molar-refractivity contribution in [3.63, 3.8) is 0 Å². The lowest BCUT2D eigenvalue weighted by atomic mass is 10.1. The van der Waals surface area contributed by atoms with E-state index in [-0.39, 0.29) is 6.10 Å². The lowest BCUT2D eigenvalue weighted by Gasteiger charge is -2.19. The van der Waals surface area contributed by atoms with E-state index in [2.05, 4.69) is 12.2 Å². The lowest BCUT2D eigenvalue weighted by molar-refractivity contribution is 0.192. The Morgan fingerprint density at radius 2 is 1.94 bits per heavy atom. The summed E-state index contributed by atoms with van der Waals surface area (Å²) in [6.45, 7) is 7.13. The first-order chi connectivity index (χ1) is 8.60. The Morgan fingerprint density at radius 3 is 2.44 bits per heavy atom. The number of halogens is 1. The molecule has 2 nitrogen and oxygen atoms in total. The van der Waals surface area contributed by atoms with Crippen molar-refractivity contribution in [2.75, 3.05) is 6.54 Å². The molecule has 18 heavy (non-hydrogen) atoms. The Kier molecular flexibility index (Phi) is 4.52. The molecule has 0 heterocycles. The van der Waals surface area contributed by atoms with Crippen LogP contribution in [0.4, 0.5) is 0 Å². The highest BCUT2D eigenvalue weighted by Crippen LogP contribution is 2.27. The first-order valence-electron chi connectivity index (χ1n) is 6.77. The summed E-state index contributed by atoms with van der Waals surface area (Å²) in [6, 6.07) is 4.78. The molecule has 1 aromatic rings. The van der Waals surface area contributed by atoms with Gasteiger partial charge in [0.1, 0.15) is 11.9 Å². The fourth-order valence-corrected chi connectivity index (χ4v) is 2.13. The molecule has 1 atom stereocenters. The molecule has 1 unspecified atom stereocenters. The van der Waals surface area contributed by atoms with E-state index >= 15 is 0 Å². The number of hydrogen-bond acceptors (Lipinski definition) is 2. The minimum Gasteiger partial charge on any atom is -0.489 e. The van der Waals surface area contributed by atoms with Gasteiger partial charge in [-0.3, -0.25) is 0 Å². The fourth-order valence-electron chi connectivity index (χ4n) is 2.02. The summed E-state index contributed by atoms with van der Waals surface area (Å²) in [5, 5.41) is 4.36. The van der Waals surface area contributed by atoms with E-state index in [1.54, 1.807) is 0 Å². The summed E-state index contributed by atoms with van der Waals surface area (Å²) in [4.78, 5) is 0. The summed E-state index contributed by atoms with van der Waals surface area (Å²) in [5.74, 6) is 0.929. The lowest BCUT2D eigenvalue weighted by Crippen LogP contribution is -2.32. The SMILES string of the molecule is CCC(CNC1CC1)Oc1cc(C)c(Cl)c(C)c1. The van der Waals surface area contributed by atoms with Gasteiger partial charge in [-0.2, -0.15) is 0 Å². The first kappa shape index (κ1) is 13.7. The number of ether oxygens (including phenoxy) is 1. The maximum absolute atomic E-state index is 6.16. The third-order valence-electron chi connectivity index (χ3n) is 3.38. The van der Waals surface area contributed by atoms with Crippen molar-refractivity contribution in [3.8, 4) is 5.75 Å². The molecule has 0 radical (unpaired) electrons. The standard InChI is InChI=1S/C15H22ClNO/c1-4-13(9-17-12-5-6-12)18-14-7-10(2)15(16)11(3)8-14/h7-8,12-13,17H,4-6,9H2,1-3H3. The van der Waals surface area contributed by atoms with Crippen LogP contribution in [-0.4, -0.2) is 18.7 Å². The molecule has 1 aliphatic carbocycles. The highest BCUT2D eigenvalue weighted by molar-refractivity contribution is 6.32. The molecule has 1 saturated carbocycles. The second-order valence-electron chi connectivity index (χ2n) is 5.20. The van der Waals surface area contributed by atoms with Crippen LogP contribution in [0.5, 0.6) is 5.75 Å². The second-order valence-corrected chi connectivity index (χ2v) is 5.58. The summed E-state index contributed by atoms with van der Waals surface area (Å²) in [6.07, 6.45) is 3.89. The molecule has 0 aromatic heterocycles. The topological polar surface area (TPSA) is 21.3 Å². The van der Waals surface area contributed by atoms with E-state index in [1.165, 1.54) is 12.8 Å². The van der Waals surface area contributed by atoms with Gasteiger partial charge in [0, 0.05) is 17.6 Å². The molecular formula is C15H22ClNO. The van der Waals surface area contributed by atoms with Crippen molar-refractivity contribution in [2.24, 2.45) is 0 Å². The predicted molar refractivity (Wildman–Crippen MR) is 76.7 cm³/mol. The zero-order valence-corrected chi connectivity index (χ0v) is 12.2. The van der Waals surface area contributed by atoms with Gasteiger partial charge in [0.25, 0.3) is 0 Å². The highest BCUT2D eigenvalue weighted by Gasteiger charge is 2.22. The molecule has 0 amide bonds. The average Bonchev–Trinajstić information content (AvgIpc) is 3.15. The third-order valence-corrected chi connectivity index (χ3v) is 3.98. The third kappa shape index (κ3) is 3.63. The van der Waals surface area contributed by atoms with Crippen LogP contribution in [0, 0.1) is 13.8 Å². The van der Waals surface area contributed by atoms with Crippen molar-refractivity contribution in [1.29, 1.82) is 0 Å². The van der Waals surface area contributed by atoms with Gasteiger partial charge in [0.15, 0.2) is 0 Å². The molecule has 1 N–H and O–H groups in total. The van der Waals surface area contributed by atoms with Gasteiger partial charge in [-0.05, 0) is 56.4 Å². The number of nitrogens with one attached hydrogen (secondary N) is 1. The van der Waals surface area contributed by atoms with Crippen molar-refractivity contribution in [3.05, 3.63) is 28.3 Å². The Bertz CT molecular complexity index is 392. The maximum Gasteiger partial charge on any atom is 0.120 e. The number of rotatable bonds is 6. The van der Waals surface area contributed by atoms with Crippen molar-refractivity contribution in [2.45, 2.75) is 52.2 Å². The molecular weight excluding hydrogens is 246 g/mol. The molecule has 0 saturated heterocycles. The minimum atomic E-state index is 0.241. The van der Waals surface area contributed by atoms with E-state index in [0.717, 1.165) is 40.9 Å². The van der Waals surface area contributed by atoms with Gasteiger partial charge in [-0.25, -0.2) is 0 Å². The van der Waals surface area contributed by atoms with Gasteiger partial charge in [0.05, 0.1) is 0 Å². The average molecular weight is 268 g/mol. The molecule has 0 spiro atoms. The van der Waals surface area contributed by atoms with Gasteiger partial charge in [-0.1, -0.05) is 18.5 Å². The second kappa shape index (κ2) is 5.94. The molecule has 1 fully saturated rings. The van der Waals surface area contributed by atoms with Crippen molar-refractivity contribution in [1.82, 2.24) is 5.32 Å². The zero-order valence-electron chi connectivity index (χ0n) is 11.4. The summed E-state index contributed by atoms with van der Waals surface area (Å²) >= 11 is 6.16. The largest absolute Gasteiger partial charge is 0.489 e. The normalized spacial score (nSPS) is 16.7.